The Labute approximate surface area is 107 Å². The van der Waals surface area contributed by atoms with Crippen LogP contribution in [0.3, 0.4) is 0 Å². The zero-order valence-corrected chi connectivity index (χ0v) is 11.3. The average molecular weight is 251 g/mol. The topological polar surface area (TPSA) is 63.1 Å². The molecular weight excluding hydrogens is 230 g/mol. The predicted octanol–water partition coefficient (Wildman–Crippen LogP) is 0.317. The summed E-state index contributed by atoms with van der Waals surface area (Å²) in [5, 5.41) is 11.6. The van der Waals surface area contributed by atoms with Gasteiger partial charge >= 0.3 is 0 Å². The maximum atomic E-state index is 11.8. The van der Waals surface area contributed by atoms with Crippen LogP contribution in [0.5, 0.6) is 0 Å². The molecule has 18 heavy (non-hydrogen) atoms. The van der Waals surface area contributed by atoms with Gasteiger partial charge in [-0.05, 0) is 26.8 Å². The maximum Gasteiger partial charge on any atom is 0.220 e. The summed E-state index contributed by atoms with van der Waals surface area (Å²) in [6.07, 6.45) is 1.01. The van der Waals surface area contributed by atoms with Crippen molar-refractivity contribution in [2.75, 3.05) is 13.1 Å². The van der Waals surface area contributed by atoms with Gasteiger partial charge in [-0.1, -0.05) is 0 Å². The summed E-state index contributed by atoms with van der Waals surface area (Å²) in [4.78, 5) is 13.7. The molecule has 100 valence electrons. The van der Waals surface area contributed by atoms with E-state index in [4.69, 9.17) is 0 Å². The quantitative estimate of drug-likeness (QED) is 0.837. The Kier molecular flexibility index (Phi) is 3.96. The summed E-state index contributed by atoms with van der Waals surface area (Å²) in [7, 11) is 0. The molecule has 1 aliphatic heterocycles. The van der Waals surface area contributed by atoms with E-state index in [9.17, 15) is 4.79 Å². The van der Waals surface area contributed by atoms with E-state index in [0.717, 1.165) is 37.7 Å². The third-order valence-electron chi connectivity index (χ3n) is 3.52. The molecule has 2 rings (SSSR count). The molecule has 0 saturated carbocycles. The first kappa shape index (κ1) is 13.0. The first-order valence-corrected chi connectivity index (χ1v) is 6.50. The fraction of sp³-hybridized carbons (Fsp3) is 0.750. The van der Waals surface area contributed by atoms with Crippen LogP contribution in [0.4, 0.5) is 0 Å². The van der Waals surface area contributed by atoms with Gasteiger partial charge in [-0.2, -0.15) is 0 Å². The van der Waals surface area contributed by atoms with Gasteiger partial charge < -0.3 is 14.8 Å². The highest BCUT2D eigenvalue weighted by Crippen LogP contribution is 2.13. The van der Waals surface area contributed by atoms with Crippen molar-refractivity contribution in [1.29, 1.82) is 0 Å². The van der Waals surface area contributed by atoms with E-state index in [1.807, 2.05) is 11.8 Å². The molecule has 1 aromatic rings. The van der Waals surface area contributed by atoms with Gasteiger partial charge in [0.1, 0.15) is 5.82 Å². The zero-order valence-electron chi connectivity index (χ0n) is 11.3. The van der Waals surface area contributed by atoms with Crippen LogP contribution in [0.2, 0.25) is 0 Å². The number of rotatable bonds is 4. The summed E-state index contributed by atoms with van der Waals surface area (Å²) in [5.74, 6) is 1.88. The van der Waals surface area contributed by atoms with E-state index in [1.54, 1.807) is 6.92 Å². The molecule has 0 bridgehead atoms. The van der Waals surface area contributed by atoms with Crippen molar-refractivity contribution in [1.82, 2.24) is 25.0 Å². The standard InChI is InChI=1S/C12H21N5O/c1-4-16-9(2)14-15-12(16)8-17(10(3)18)11-5-6-13-7-11/h11,13H,4-8H2,1-3H3/t11-/m1/s1. The number of nitrogens with zero attached hydrogens (tertiary/aromatic N) is 4. The van der Waals surface area contributed by atoms with Crippen LogP contribution in [0.1, 0.15) is 31.9 Å². The number of carbonyl (C=O) groups is 1. The van der Waals surface area contributed by atoms with Crippen LogP contribution in [0, 0.1) is 6.92 Å². The monoisotopic (exact) mass is 251 g/mol. The molecule has 6 nitrogen and oxygen atoms in total. The predicted molar refractivity (Wildman–Crippen MR) is 67.9 cm³/mol. The van der Waals surface area contributed by atoms with Crippen molar-refractivity contribution in [2.24, 2.45) is 0 Å². The number of nitrogens with one attached hydrogen (secondary N) is 1. The van der Waals surface area contributed by atoms with Crippen molar-refractivity contribution in [3.8, 4) is 0 Å². The molecule has 1 aliphatic rings. The third kappa shape index (κ3) is 2.53. The number of carbonyl (C=O) groups excluding carboxylic acids is 1. The van der Waals surface area contributed by atoms with Crippen LogP contribution in [0.25, 0.3) is 0 Å². The molecule has 1 atom stereocenters. The van der Waals surface area contributed by atoms with Gasteiger partial charge in [0, 0.05) is 26.1 Å². The van der Waals surface area contributed by atoms with Crippen LogP contribution in [0.15, 0.2) is 0 Å². The lowest BCUT2D eigenvalue weighted by Gasteiger charge is -2.27. The van der Waals surface area contributed by atoms with Crippen molar-refractivity contribution in [2.45, 2.75) is 46.3 Å². The van der Waals surface area contributed by atoms with E-state index < -0.39 is 0 Å². The maximum absolute atomic E-state index is 11.8. The lowest BCUT2D eigenvalue weighted by molar-refractivity contribution is -0.131. The summed E-state index contributed by atoms with van der Waals surface area (Å²) >= 11 is 0. The van der Waals surface area contributed by atoms with Crippen molar-refractivity contribution in [3.63, 3.8) is 0 Å². The number of aromatic nitrogens is 3. The van der Waals surface area contributed by atoms with Crippen LogP contribution >= 0.6 is 0 Å². The first-order chi connectivity index (χ1) is 8.63. The molecule has 0 aliphatic carbocycles. The minimum atomic E-state index is 0.104. The van der Waals surface area contributed by atoms with Gasteiger partial charge in [0.2, 0.25) is 5.91 Å². The normalized spacial score (nSPS) is 19.2. The Balaban J connectivity index is 2.15. The molecular formula is C12H21N5O. The molecule has 6 heteroatoms. The fourth-order valence-electron chi connectivity index (χ4n) is 2.51. The average Bonchev–Trinajstić information content (AvgIpc) is 2.95. The molecule has 1 aromatic heterocycles. The van der Waals surface area contributed by atoms with Gasteiger partial charge in [0.25, 0.3) is 0 Å². The SMILES string of the molecule is CCn1c(C)nnc1CN(C(C)=O)[C@@H]1CCNC1. The lowest BCUT2D eigenvalue weighted by Crippen LogP contribution is -2.40. The number of aryl methyl sites for hydroxylation is 1. The van der Waals surface area contributed by atoms with Crippen molar-refractivity contribution >= 4 is 5.91 Å². The molecule has 0 radical (unpaired) electrons. The number of amides is 1. The molecule has 0 unspecified atom stereocenters. The molecule has 1 amide bonds. The fourth-order valence-corrected chi connectivity index (χ4v) is 2.51. The minimum Gasteiger partial charge on any atom is -0.331 e. The van der Waals surface area contributed by atoms with Gasteiger partial charge in [-0.25, -0.2) is 0 Å². The van der Waals surface area contributed by atoms with E-state index in [0.29, 0.717) is 6.54 Å². The second kappa shape index (κ2) is 5.48. The van der Waals surface area contributed by atoms with Gasteiger partial charge in [-0.3, -0.25) is 4.79 Å². The van der Waals surface area contributed by atoms with Crippen LogP contribution in [-0.4, -0.2) is 44.7 Å². The zero-order chi connectivity index (χ0) is 13.1. The smallest absolute Gasteiger partial charge is 0.220 e. The van der Waals surface area contributed by atoms with Crippen molar-refractivity contribution < 1.29 is 4.79 Å². The molecule has 0 aromatic carbocycles. The van der Waals surface area contributed by atoms with Crippen LogP contribution in [-0.2, 0) is 17.9 Å². The Hall–Kier alpha value is -1.43. The number of hydrogen-bond acceptors (Lipinski definition) is 4. The molecule has 0 spiro atoms. The molecule has 1 fully saturated rings. The summed E-state index contributed by atoms with van der Waals surface area (Å²) in [6.45, 7) is 8.87. The Bertz CT molecular complexity index is 422. The summed E-state index contributed by atoms with van der Waals surface area (Å²) < 4.78 is 2.05. The lowest BCUT2D eigenvalue weighted by atomic mass is 10.2. The Morgan fingerprint density at radius 2 is 2.33 bits per heavy atom. The Morgan fingerprint density at radius 3 is 2.89 bits per heavy atom. The molecule has 1 saturated heterocycles. The highest BCUT2D eigenvalue weighted by molar-refractivity contribution is 5.73. The van der Waals surface area contributed by atoms with E-state index >= 15 is 0 Å². The van der Waals surface area contributed by atoms with Crippen LogP contribution < -0.4 is 5.32 Å². The van der Waals surface area contributed by atoms with E-state index in [2.05, 4.69) is 27.0 Å². The van der Waals surface area contributed by atoms with Gasteiger partial charge in [0.15, 0.2) is 5.82 Å². The third-order valence-corrected chi connectivity index (χ3v) is 3.52. The highest BCUT2D eigenvalue weighted by Gasteiger charge is 2.26. The largest absolute Gasteiger partial charge is 0.331 e. The molecule has 1 N–H and O–H groups in total. The minimum absolute atomic E-state index is 0.104. The van der Waals surface area contributed by atoms with E-state index in [1.165, 1.54) is 0 Å². The van der Waals surface area contributed by atoms with Gasteiger partial charge in [0.05, 0.1) is 6.54 Å². The van der Waals surface area contributed by atoms with E-state index in [-0.39, 0.29) is 11.9 Å². The summed E-state index contributed by atoms with van der Waals surface area (Å²) in [6, 6.07) is 0.282. The van der Waals surface area contributed by atoms with Crippen molar-refractivity contribution in [3.05, 3.63) is 11.6 Å². The first-order valence-electron chi connectivity index (χ1n) is 6.50. The summed E-state index contributed by atoms with van der Waals surface area (Å²) in [5.41, 5.74) is 0. The number of hydrogen-bond donors (Lipinski definition) is 1. The highest BCUT2D eigenvalue weighted by atomic mass is 16.2. The second-order valence-electron chi connectivity index (χ2n) is 4.70. The Morgan fingerprint density at radius 1 is 1.56 bits per heavy atom. The molecule has 2 heterocycles. The second-order valence-corrected chi connectivity index (χ2v) is 4.70. The van der Waals surface area contributed by atoms with Gasteiger partial charge in [-0.15, -0.1) is 10.2 Å².